The van der Waals surface area contributed by atoms with Gasteiger partial charge in [0.05, 0.1) is 8.41 Å². The number of thioether (sulfide) groups is 1. The largest absolute Gasteiger partial charge is 0.169 e. The molecule has 1 rings (SSSR count). The summed E-state index contributed by atoms with van der Waals surface area (Å²) in [5, 5.41) is 4.08. The van der Waals surface area contributed by atoms with Crippen LogP contribution in [0.1, 0.15) is 0 Å². The van der Waals surface area contributed by atoms with E-state index in [2.05, 4.69) is 0 Å². The number of hydrogen-bond donors (Lipinski definition) is 0. The van der Waals surface area contributed by atoms with Crippen LogP contribution in [0.25, 0.3) is 0 Å². The standard InChI is InChI=1S/C4H4S.C2H6S.BH3/c1-2-4-5-3-1;1-3-2;/h1-4H;1-2H3;1H3. The molecule has 0 bridgehead atoms. The van der Waals surface area contributed by atoms with Crippen molar-refractivity contribution < 1.29 is 0 Å². The van der Waals surface area contributed by atoms with Crippen LogP contribution in [0, 0.1) is 0 Å². The van der Waals surface area contributed by atoms with Crippen molar-refractivity contribution in [2.45, 2.75) is 0 Å². The first-order valence-electron chi connectivity index (χ1n) is 2.29. The molecule has 0 fully saturated rings. The van der Waals surface area contributed by atoms with Gasteiger partial charge in [-0.3, -0.25) is 0 Å². The van der Waals surface area contributed by atoms with Crippen molar-refractivity contribution in [1.29, 1.82) is 0 Å². The lowest BCUT2D eigenvalue weighted by Crippen LogP contribution is -1.25. The van der Waals surface area contributed by atoms with E-state index in [0.717, 1.165) is 0 Å². The van der Waals surface area contributed by atoms with Gasteiger partial charge < -0.3 is 0 Å². The summed E-state index contributed by atoms with van der Waals surface area (Å²) in [5.74, 6) is 0. The lowest BCUT2D eigenvalue weighted by atomic mass is 10.7. The molecule has 1 aromatic heterocycles. The molecule has 0 atom stereocenters. The monoisotopic (exact) mass is 160 g/mol. The van der Waals surface area contributed by atoms with Crippen molar-refractivity contribution in [3.63, 3.8) is 0 Å². The molecular weight excluding hydrogens is 147 g/mol. The van der Waals surface area contributed by atoms with Crippen molar-refractivity contribution in [3.8, 4) is 0 Å². The van der Waals surface area contributed by atoms with E-state index in [1.54, 1.807) is 23.1 Å². The van der Waals surface area contributed by atoms with E-state index in [0.29, 0.717) is 0 Å². The maximum atomic E-state index is 2.04. The number of hydrogen-bond acceptors (Lipinski definition) is 2. The van der Waals surface area contributed by atoms with Gasteiger partial charge in [0, 0.05) is 0 Å². The third-order valence-electron chi connectivity index (χ3n) is 0.425. The van der Waals surface area contributed by atoms with E-state index in [4.69, 9.17) is 0 Å². The molecule has 0 saturated carbocycles. The second kappa shape index (κ2) is 11.0. The molecule has 0 aliphatic carbocycles. The van der Waals surface area contributed by atoms with Gasteiger partial charge in [0.15, 0.2) is 0 Å². The lowest BCUT2D eigenvalue weighted by Gasteiger charge is -1.51. The van der Waals surface area contributed by atoms with E-state index in [1.165, 1.54) is 0 Å². The summed E-state index contributed by atoms with van der Waals surface area (Å²) in [6, 6.07) is 4.04. The SMILES string of the molecule is B.CSC.c1ccsc1. The van der Waals surface area contributed by atoms with Crippen LogP contribution in [-0.4, -0.2) is 20.9 Å². The minimum atomic E-state index is 0. The Balaban J connectivity index is 0. The van der Waals surface area contributed by atoms with Crippen LogP contribution in [0.5, 0.6) is 0 Å². The molecule has 1 aromatic rings. The first-order valence-corrected chi connectivity index (χ1v) is 4.86. The van der Waals surface area contributed by atoms with Crippen LogP contribution in [0.4, 0.5) is 0 Å². The molecule has 3 heteroatoms. The van der Waals surface area contributed by atoms with Gasteiger partial charge in [-0.2, -0.15) is 23.1 Å². The molecule has 0 nitrogen and oxygen atoms in total. The molecule has 9 heavy (non-hydrogen) atoms. The fraction of sp³-hybridized carbons (Fsp3) is 0.333. The fourth-order valence-electron chi connectivity index (χ4n) is 0.227. The summed E-state index contributed by atoms with van der Waals surface area (Å²) in [5.41, 5.74) is 0. The molecule has 0 radical (unpaired) electrons. The first kappa shape index (κ1) is 11.9. The van der Waals surface area contributed by atoms with Gasteiger partial charge in [-0.25, -0.2) is 0 Å². The topological polar surface area (TPSA) is 0 Å². The van der Waals surface area contributed by atoms with Crippen molar-refractivity contribution >= 4 is 31.5 Å². The number of rotatable bonds is 0. The molecule has 0 saturated heterocycles. The smallest absolute Gasteiger partial charge is 0.0814 e. The third-order valence-corrected chi connectivity index (χ3v) is 1.05. The molecular formula is C6H13BS2. The van der Waals surface area contributed by atoms with Crippen LogP contribution in [0.2, 0.25) is 0 Å². The Morgan fingerprint density at radius 3 is 1.56 bits per heavy atom. The molecule has 1 heterocycles. The highest BCUT2D eigenvalue weighted by Gasteiger charge is 1.58. The van der Waals surface area contributed by atoms with Crippen LogP contribution in [0.3, 0.4) is 0 Å². The number of thiophene rings is 1. The van der Waals surface area contributed by atoms with E-state index < -0.39 is 0 Å². The average Bonchev–Trinajstić information content (AvgIpc) is 2.17. The van der Waals surface area contributed by atoms with Crippen LogP contribution in [-0.2, 0) is 0 Å². The summed E-state index contributed by atoms with van der Waals surface area (Å²) in [6.45, 7) is 0. The van der Waals surface area contributed by atoms with Gasteiger partial charge in [-0.05, 0) is 23.3 Å². The van der Waals surface area contributed by atoms with Crippen LogP contribution >= 0.6 is 23.1 Å². The van der Waals surface area contributed by atoms with Crippen LogP contribution < -0.4 is 0 Å². The second-order valence-electron chi connectivity index (χ2n) is 1.20. The lowest BCUT2D eigenvalue weighted by molar-refractivity contribution is 2.03. The van der Waals surface area contributed by atoms with Crippen molar-refractivity contribution in [2.24, 2.45) is 0 Å². The summed E-state index contributed by atoms with van der Waals surface area (Å²) in [4.78, 5) is 0. The van der Waals surface area contributed by atoms with Crippen molar-refractivity contribution in [2.75, 3.05) is 12.5 Å². The van der Waals surface area contributed by atoms with E-state index >= 15 is 0 Å². The minimum absolute atomic E-state index is 0. The molecule has 0 aliphatic heterocycles. The van der Waals surface area contributed by atoms with Crippen molar-refractivity contribution in [3.05, 3.63) is 22.9 Å². The molecule has 0 spiro atoms. The quantitative estimate of drug-likeness (QED) is 0.519. The van der Waals surface area contributed by atoms with Gasteiger partial charge in [0.25, 0.3) is 0 Å². The summed E-state index contributed by atoms with van der Waals surface area (Å²) < 4.78 is 0. The summed E-state index contributed by atoms with van der Waals surface area (Å²) in [7, 11) is 0. The van der Waals surface area contributed by atoms with Gasteiger partial charge >= 0.3 is 0 Å². The zero-order chi connectivity index (χ0) is 6.24. The third kappa shape index (κ3) is 11.6. The van der Waals surface area contributed by atoms with Crippen molar-refractivity contribution in [1.82, 2.24) is 0 Å². The summed E-state index contributed by atoms with van der Waals surface area (Å²) in [6.07, 6.45) is 4.08. The Labute approximate surface area is 67.3 Å². The fourth-order valence-corrected chi connectivity index (χ4v) is 0.680. The zero-order valence-corrected chi connectivity index (χ0v) is 6.76. The highest BCUT2D eigenvalue weighted by Crippen LogP contribution is 1.91. The average molecular weight is 160 g/mol. The Bertz CT molecular complexity index is 78.0. The molecule has 52 valence electrons. The Morgan fingerprint density at radius 1 is 1.11 bits per heavy atom. The maximum Gasteiger partial charge on any atom is 0.0814 e. The highest BCUT2D eigenvalue weighted by atomic mass is 32.2. The highest BCUT2D eigenvalue weighted by molar-refractivity contribution is 7.97. The summed E-state index contributed by atoms with van der Waals surface area (Å²) >= 11 is 3.46. The zero-order valence-electron chi connectivity index (χ0n) is 5.13. The van der Waals surface area contributed by atoms with Crippen LogP contribution in [0.15, 0.2) is 22.9 Å². The van der Waals surface area contributed by atoms with E-state index in [1.807, 2.05) is 35.4 Å². The molecule has 0 aliphatic rings. The Morgan fingerprint density at radius 2 is 1.44 bits per heavy atom. The Kier molecular flexibility index (Phi) is 14.5. The molecule has 0 amide bonds. The van der Waals surface area contributed by atoms with Gasteiger partial charge in [0.2, 0.25) is 0 Å². The molecule has 0 aromatic carbocycles. The molecule has 0 unspecified atom stereocenters. The van der Waals surface area contributed by atoms with E-state index in [9.17, 15) is 0 Å². The first-order chi connectivity index (χ1) is 3.91. The van der Waals surface area contributed by atoms with E-state index in [-0.39, 0.29) is 8.41 Å². The minimum Gasteiger partial charge on any atom is -0.169 e. The Hall–Kier alpha value is 0.115. The second-order valence-corrected chi connectivity index (χ2v) is 2.83. The van der Waals surface area contributed by atoms with Gasteiger partial charge in [-0.15, -0.1) is 0 Å². The maximum absolute atomic E-state index is 2.04. The van der Waals surface area contributed by atoms with Gasteiger partial charge in [0.1, 0.15) is 0 Å². The van der Waals surface area contributed by atoms with Gasteiger partial charge in [-0.1, -0.05) is 12.1 Å². The predicted molar refractivity (Wildman–Crippen MR) is 53.7 cm³/mol. The molecule has 0 N–H and O–H groups in total. The predicted octanol–water partition coefficient (Wildman–Crippen LogP) is 1.54. The normalized spacial score (nSPS) is 6.44.